The zero-order valence-corrected chi connectivity index (χ0v) is 19.0. The average Bonchev–Trinajstić information content (AvgIpc) is 3.21. The topological polar surface area (TPSA) is 64.1 Å². The fourth-order valence-corrected chi connectivity index (χ4v) is 4.82. The number of hydrogen-bond acceptors (Lipinski definition) is 7. The van der Waals surface area contributed by atoms with Gasteiger partial charge in [0.1, 0.15) is 0 Å². The summed E-state index contributed by atoms with van der Waals surface area (Å²) in [5, 5.41) is 1.27. The smallest absolute Gasteiger partial charge is 0.264 e. The van der Waals surface area contributed by atoms with Crippen molar-refractivity contribution in [2.45, 2.75) is 0 Å². The second kappa shape index (κ2) is 9.82. The monoisotopic (exact) mass is 461 g/mol. The molecule has 0 atom stereocenters. The number of fused-ring (bicyclic) bond motifs is 1. The molecule has 0 bridgehead atoms. The number of carbonyl (C=O) groups excluding carboxylic acids is 1. The number of methoxy groups -OCH3 is 2. The summed E-state index contributed by atoms with van der Waals surface area (Å²) in [6, 6.07) is 10.8. The summed E-state index contributed by atoms with van der Waals surface area (Å²) in [7, 11) is 3.09. The quantitative estimate of drug-likeness (QED) is 0.531. The van der Waals surface area contributed by atoms with Gasteiger partial charge in [-0.05, 0) is 30.3 Å². The highest BCUT2D eigenvalue weighted by Crippen LogP contribution is 2.35. The molecule has 1 aliphatic heterocycles. The van der Waals surface area contributed by atoms with Gasteiger partial charge in [0, 0.05) is 31.2 Å². The Bertz CT molecular complexity index is 1070. The van der Waals surface area contributed by atoms with E-state index in [9.17, 15) is 4.79 Å². The van der Waals surface area contributed by atoms with Crippen LogP contribution in [0.25, 0.3) is 10.2 Å². The number of ether oxygens (including phenoxy) is 3. The number of hydrogen-bond donors (Lipinski definition) is 0. The number of para-hydroxylation sites is 1. The van der Waals surface area contributed by atoms with E-state index in [1.165, 1.54) is 18.4 Å². The Hall–Kier alpha value is -2.39. The van der Waals surface area contributed by atoms with E-state index in [0.717, 1.165) is 29.9 Å². The Balaban J connectivity index is 1.69. The third-order valence-corrected chi connectivity index (χ3v) is 6.47. The summed E-state index contributed by atoms with van der Waals surface area (Å²) in [4.78, 5) is 22.4. The largest absolute Gasteiger partial charge is 0.493 e. The van der Waals surface area contributed by atoms with Gasteiger partial charge in [-0.3, -0.25) is 14.6 Å². The Morgan fingerprint density at radius 1 is 1.23 bits per heavy atom. The normalized spacial score (nSPS) is 14.5. The summed E-state index contributed by atoms with van der Waals surface area (Å²) in [5.74, 6) is 0.738. The van der Waals surface area contributed by atoms with Gasteiger partial charge in [-0.25, -0.2) is 4.98 Å². The molecule has 0 saturated carbocycles. The number of halogens is 1. The molecule has 0 unspecified atom stereocenters. The van der Waals surface area contributed by atoms with Crippen LogP contribution in [-0.4, -0.2) is 69.4 Å². The van der Waals surface area contributed by atoms with E-state index in [-0.39, 0.29) is 5.91 Å². The zero-order chi connectivity index (χ0) is 21.8. The predicted octanol–water partition coefficient (Wildman–Crippen LogP) is 3.95. The second-order valence-electron chi connectivity index (χ2n) is 7.06. The van der Waals surface area contributed by atoms with E-state index >= 15 is 0 Å². The molecule has 1 fully saturated rings. The van der Waals surface area contributed by atoms with Crippen molar-refractivity contribution >= 4 is 44.2 Å². The third kappa shape index (κ3) is 4.77. The van der Waals surface area contributed by atoms with Gasteiger partial charge in [0.05, 0.1) is 43.2 Å². The van der Waals surface area contributed by atoms with E-state index in [1.807, 2.05) is 12.1 Å². The first kappa shape index (κ1) is 21.8. The fourth-order valence-electron chi connectivity index (χ4n) is 3.55. The van der Waals surface area contributed by atoms with Gasteiger partial charge in [-0.2, -0.15) is 0 Å². The Kier molecular flexibility index (Phi) is 6.92. The van der Waals surface area contributed by atoms with Crippen LogP contribution >= 0.6 is 22.9 Å². The highest BCUT2D eigenvalue weighted by Gasteiger charge is 2.26. The highest BCUT2D eigenvalue weighted by atomic mass is 35.5. The summed E-state index contributed by atoms with van der Waals surface area (Å²) in [6.07, 6.45) is 0. The molecule has 1 saturated heterocycles. The first-order chi connectivity index (χ1) is 15.1. The first-order valence-corrected chi connectivity index (χ1v) is 11.2. The molecular formula is C22H24ClN3O4S. The van der Waals surface area contributed by atoms with Crippen LogP contribution in [0.4, 0.5) is 5.13 Å². The molecule has 3 aromatic rings. The lowest BCUT2D eigenvalue weighted by Gasteiger charge is -2.29. The molecule has 0 aliphatic carbocycles. The minimum atomic E-state index is -0.186. The molecule has 0 N–H and O–H groups in total. The van der Waals surface area contributed by atoms with Crippen LogP contribution in [0.3, 0.4) is 0 Å². The maximum atomic E-state index is 13.7. The molecule has 2 aromatic carbocycles. The van der Waals surface area contributed by atoms with Crippen LogP contribution in [0.5, 0.6) is 11.5 Å². The van der Waals surface area contributed by atoms with Crippen LogP contribution in [0.15, 0.2) is 36.4 Å². The van der Waals surface area contributed by atoms with Crippen molar-refractivity contribution in [3.63, 3.8) is 0 Å². The lowest BCUT2D eigenvalue weighted by atomic mass is 10.1. The van der Waals surface area contributed by atoms with Crippen LogP contribution in [0.1, 0.15) is 10.4 Å². The van der Waals surface area contributed by atoms with Crippen molar-refractivity contribution in [3.05, 3.63) is 47.0 Å². The van der Waals surface area contributed by atoms with Gasteiger partial charge in [0.25, 0.3) is 5.91 Å². The highest BCUT2D eigenvalue weighted by molar-refractivity contribution is 7.22. The van der Waals surface area contributed by atoms with Gasteiger partial charge in [-0.1, -0.05) is 29.0 Å². The van der Waals surface area contributed by atoms with E-state index in [1.54, 1.807) is 36.3 Å². The maximum Gasteiger partial charge on any atom is 0.264 e. The molecule has 0 spiro atoms. The van der Waals surface area contributed by atoms with Gasteiger partial charge >= 0.3 is 0 Å². The molecule has 1 aliphatic rings. The summed E-state index contributed by atoms with van der Waals surface area (Å²) >= 11 is 7.60. The number of rotatable bonds is 7. The summed E-state index contributed by atoms with van der Waals surface area (Å²) in [6.45, 7) is 4.32. The number of amides is 1. The number of nitrogens with zero attached hydrogens (tertiary/aromatic N) is 3. The van der Waals surface area contributed by atoms with Crippen LogP contribution < -0.4 is 14.4 Å². The van der Waals surface area contributed by atoms with Gasteiger partial charge in [0.2, 0.25) is 0 Å². The Morgan fingerprint density at radius 3 is 2.77 bits per heavy atom. The average molecular weight is 462 g/mol. The third-order valence-electron chi connectivity index (χ3n) is 5.19. The molecule has 164 valence electrons. The van der Waals surface area contributed by atoms with Gasteiger partial charge < -0.3 is 14.2 Å². The number of thiazole rings is 1. The molecule has 4 rings (SSSR count). The molecule has 1 aromatic heterocycles. The minimum Gasteiger partial charge on any atom is -0.493 e. The minimum absolute atomic E-state index is 0.186. The van der Waals surface area contributed by atoms with E-state index in [4.69, 9.17) is 30.8 Å². The van der Waals surface area contributed by atoms with Crippen molar-refractivity contribution in [3.8, 4) is 11.5 Å². The van der Waals surface area contributed by atoms with Crippen LogP contribution in [0, 0.1) is 0 Å². The fraction of sp³-hybridized carbons (Fsp3) is 0.364. The number of morpholine rings is 1. The molecule has 9 heteroatoms. The molecule has 7 nitrogen and oxygen atoms in total. The van der Waals surface area contributed by atoms with E-state index in [0.29, 0.717) is 47.0 Å². The van der Waals surface area contributed by atoms with Crippen LogP contribution in [-0.2, 0) is 4.74 Å². The van der Waals surface area contributed by atoms with Crippen molar-refractivity contribution in [2.24, 2.45) is 0 Å². The SMILES string of the molecule is COc1cccc(C(=O)N(CCN2CCOCC2)c2nc3ccc(Cl)cc3s2)c1OC. The lowest BCUT2D eigenvalue weighted by Crippen LogP contribution is -2.43. The summed E-state index contributed by atoms with van der Waals surface area (Å²) < 4.78 is 17.3. The number of carbonyl (C=O) groups is 1. The van der Waals surface area contributed by atoms with Crippen molar-refractivity contribution in [2.75, 3.05) is 58.5 Å². The second-order valence-corrected chi connectivity index (χ2v) is 8.51. The lowest BCUT2D eigenvalue weighted by molar-refractivity contribution is 0.0391. The molecule has 31 heavy (non-hydrogen) atoms. The van der Waals surface area contributed by atoms with Crippen molar-refractivity contribution in [1.82, 2.24) is 9.88 Å². The Labute approximate surface area is 190 Å². The number of benzene rings is 2. The molecule has 1 amide bonds. The molecule has 0 radical (unpaired) electrons. The zero-order valence-electron chi connectivity index (χ0n) is 17.5. The van der Waals surface area contributed by atoms with Crippen LogP contribution in [0.2, 0.25) is 5.02 Å². The molecular weight excluding hydrogens is 438 g/mol. The number of anilines is 1. The van der Waals surface area contributed by atoms with Gasteiger partial charge in [0.15, 0.2) is 16.6 Å². The van der Waals surface area contributed by atoms with Crippen molar-refractivity contribution in [1.29, 1.82) is 0 Å². The maximum absolute atomic E-state index is 13.7. The first-order valence-electron chi connectivity index (χ1n) is 9.99. The van der Waals surface area contributed by atoms with E-state index < -0.39 is 0 Å². The van der Waals surface area contributed by atoms with Gasteiger partial charge in [-0.15, -0.1) is 0 Å². The number of aromatic nitrogens is 1. The Morgan fingerprint density at radius 2 is 2.03 bits per heavy atom. The standard InChI is InChI=1S/C22H24ClN3O4S/c1-28-18-5-3-4-16(20(18)29-2)21(27)26(9-8-25-10-12-30-13-11-25)22-24-17-7-6-15(23)14-19(17)31-22/h3-7,14H,8-13H2,1-2H3. The van der Waals surface area contributed by atoms with Crippen molar-refractivity contribution < 1.29 is 19.0 Å². The predicted molar refractivity (Wildman–Crippen MR) is 123 cm³/mol. The summed E-state index contributed by atoms with van der Waals surface area (Å²) in [5.41, 5.74) is 1.24. The van der Waals surface area contributed by atoms with E-state index in [2.05, 4.69) is 4.90 Å². The molecule has 2 heterocycles.